The van der Waals surface area contributed by atoms with Crippen molar-refractivity contribution in [2.75, 3.05) is 0 Å². The highest BCUT2D eigenvalue weighted by Crippen LogP contribution is 2.15. The highest BCUT2D eigenvalue weighted by molar-refractivity contribution is 5.56. The molecule has 1 heteroatoms. The van der Waals surface area contributed by atoms with E-state index in [2.05, 4.69) is 12.2 Å². The summed E-state index contributed by atoms with van der Waals surface area (Å²) in [6.45, 7) is 0. The van der Waals surface area contributed by atoms with E-state index in [1.165, 1.54) is 44.9 Å². The molecule has 0 N–H and O–H groups in total. The lowest BCUT2D eigenvalue weighted by molar-refractivity contribution is -0.110. The van der Waals surface area contributed by atoms with E-state index < -0.39 is 0 Å². The van der Waals surface area contributed by atoms with Crippen LogP contribution in [0.2, 0.25) is 0 Å². The maximum absolute atomic E-state index is 10.7. The third kappa shape index (κ3) is 5.21. The average molecular weight is 194 g/mol. The van der Waals surface area contributed by atoms with Crippen molar-refractivity contribution >= 4 is 6.29 Å². The standard InChI is InChI=1S/C13H22O/c14-12-13-10-8-6-4-2-1-3-5-7-9-11-13/h8,10,12-13H,1-7,9,11H2. The van der Waals surface area contributed by atoms with Gasteiger partial charge in [-0.1, -0.05) is 50.7 Å². The van der Waals surface area contributed by atoms with E-state index in [9.17, 15) is 4.79 Å². The normalized spacial score (nSPS) is 26.1. The average Bonchev–Trinajstić information content (AvgIpc) is 2.19. The van der Waals surface area contributed by atoms with Crippen LogP contribution >= 0.6 is 0 Å². The fourth-order valence-electron chi connectivity index (χ4n) is 2.01. The Morgan fingerprint density at radius 1 is 0.929 bits per heavy atom. The zero-order valence-electron chi connectivity index (χ0n) is 9.08. The minimum absolute atomic E-state index is 0.189. The topological polar surface area (TPSA) is 17.1 Å². The third-order valence-corrected chi connectivity index (χ3v) is 2.97. The van der Waals surface area contributed by atoms with Crippen molar-refractivity contribution in [3.8, 4) is 0 Å². The van der Waals surface area contributed by atoms with Gasteiger partial charge in [0.25, 0.3) is 0 Å². The first kappa shape index (κ1) is 11.5. The van der Waals surface area contributed by atoms with Crippen molar-refractivity contribution in [1.29, 1.82) is 0 Å². The van der Waals surface area contributed by atoms with E-state index in [1.54, 1.807) is 0 Å². The highest BCUT2D eigenvalue weighted by atomic mass is 16.1. The van der Waals surface area contributed by atoms with Crippen LogP contribution in [0.1, 0.15) is 57.8 Å². The molecular weight excluding hydrogens is 172 g/mol. The molecule has 0 amide bonds. The Hall–Kier alpha value is -0.590. The fraction of sp³-hybridized carbons (Fsp3) is 0.769. The van der Waals surface area contributed by atoms with Crippen LogP contribution in [0.3, 0.4) is 0 Å². The lowest BCUT2D eigenvalue weighted by Gasteiger charge is -2.07. The van der Waals surface area contributed by atoms with Gasteiger partial charge in [-0.15, -0.1) is 0 Å². The summed E-state index contributed by atoms with van der Waals surface area (Å²) < 4.78 is 0. The molecule has 80 valence electrons. The van der Waals surface area contributed by atoms with E-state index in [4.69, 9.17) is 0 Å². The van der Waals surface area contributed by atoms with E-state index in [1.807, 2.05) is 0 Å². The second kappa shape index (κ2) is 7.78. The van der Waals surface area contributed by atoms with E-state index in [-0.39, 0.29) is 5.92 Å². The molecule has 0 aromatic rings. The lowest BCUT2D eigenvalue weighted by Crippen LogP contribution is -1.98. The minimum Gasteiger partial charge on any atom is -0.303 e. The number of carbonyl (C=O) groups excluding carboxylic acids is 1. The second-order valence-corrected chi connectivity index (χ2v) is 4.28. The van der Waals surface area contributed by atoms with Crippen LogP contribution in [-0.2, 0) is 4.79 Å². The van der Waals surface area contributed by atoms with Crippen molar-refractivity contribution in [3.63, 3.8) is 0 Å². The quantitative estimate of drug-likeness (QED) is 0.457. The van der Waals surface area contributed by atoms with Crippen molar-refractivity contribution < 1.29 is 4.79 Å². The van der Waals surface area contributed by atoms with Crippen molar-refractivity contribution in [1.82, 2.24) is 0 Å². The van der Waals surface area contributed by atoms with Gasteiger partial charge < -0.3 is 4.79 Å². The van der Waals surface area contributed by atoms with Gasteiger partial charge in [0.05, 0.1) is 0 Å². The molecule has 0 saturated carbocycles. The molecule has 0 fully saturated rings. The van der Waals surface area contributed by atoms with Crippen molar-refractivity contribution in [2.45, 2.75) is 57.8 Å². The zero-order chi connectivity index (χ0) is 10.1. The molecular formula is C13H22O. The van der Waals surface area contributed by atoms with Crippen LogP contribution in [-0.4, -0.2) is 6.29 Å². The van der Waals surface area contributed by atoms with E-state index in [0.29, 0.717) is 0 Å². The largest absolute Gasteiger partial charge is 0.303 e. The summed E-state index contributed by atoms with van der Waals surface area (Å²) in [5, 5.41) is 0. The SMILES string of the molecule is O=CC1C=CCCCCCCCCC1. The summed E-state index contributed by atoms with van der Waals surface area (Å²) in [7, 11) is 0. The first-order chi connectivity index (χ1) is 6.93. The summed E-state index contributed by atoms with van der Waals surface area (Å²) in [5.74, 6) is 0.189. The number of carbonyl (C=O) groups is 1. The van der Waals surface area contributed by atoms with Gasteiger partial charge in [-0.05, 0) is 19.3 Å². The molecule has 0 spiro atoms. The number of rotatable bonds is 1. The Bertz CT molecular complexity index is 172. The summed E-state index contributed by atoms with van der Waals surface area (Å²) in [6, 6.07) is 0. The van der Waals surface area contributed by atoms with Gasteiger partial charge in [0.2, 0.25) is 0 Å². The Morgan fingerprint density at radius 2 is 1.57 bits per heavy atom. The Morgan fingerprint density at radius 3 is 2.29 bits per heavy atom. The fourth-order valence-corrected chi connectivity index (χ4v) is 2.01. The van der Waals surface area contributed by atoms with Gasteiger partial charge in [0.1, 0.15) is 6.29 Å². The molecule has 1 nitrogen and oxygen atoms in total. The van der Waals surface area contributed by atoms with Crippen molar-refractivity contribution in [3.05, 3.63) is 12.2 Å². The lowest BCUT2D eigenvalue weighted by atomic mass is 9.99. The maximum atomic E-state index is 10.7. The van der Waals surface area contributed by atoms with Crippen molar-refractivity contribution in [2.24, 2.45) is 5.92 Å². The predicted molar refractivity (Wildman–Crippen MR) is 60.2 cm³/mol. The monoisotopic (exact) mass is 194 g/mol. The molecule has 1 atom stereocenters. The predicted octanol–water partition coefficient (Wildman–Crippen LogP) is 3.88. The van der Waals surface area contributed by atoms with E-state index in [0.717, 1.165) is 19.1 Å². The van der Waals surface area contributed by atoms with Gasteiger partial charge in [-0.2, -0.15) is 0 Å². The van der Waals surface area contributed by atoms with Gasteiger partial charge in [0, 0.05) is 5.92 Å². The molecule has 0 aliphatic heterocycles. The Kier molecular flexibility index (Phi) is 6.38. The molecule has 1 aliphatic rings. The van der Waals surface area contributed by atoms with E-state index >= 15 is 0 Å². The molecule has 0 radical (unpaired) electrons. The molecule has 1 rings (SSSR count). The van der Waals surface area contributed by atoms with Gasteiger partial charge in [-0.3, -0.25) is 0 Å². The van der Waals surface area contributed by atoms with Crippen LogP contribution in [0, 0.1) is 5.92 Å². The molecule has 0 aromatic heterocycles. The van der Waals surface area contributed by atoms with Crippen LogP contribution < -0.4 is 0 Å². The molecule has 14 heavy (non-hydrogen) atoms. The van der Waals surface area contributed by atoms with Gasteiger partial charge >= 0.3 is 0 Å². The Balaban J connectivity index is 2.32. The van der Waals surface area contributed by atoms with Crippen LogP contribution in [0.15, 0.2) is 12.2 Å². The zero-order valence-corrected chi connectivity index (χ0v) is 9.08. The van der Waals surface area contributed by atoms with Crippen LogP contribution in [0.4, 0.5) is 0 Å². The third-order valence-electron chi connectivity index (χ3n) is 2.97. The first-order valence-electron chi connectivity index (χ1n) is 6.05. The van der Waals surface area contributed by atoms with Gasteiger partial charge in [0.15, 0.2) is 0 Å². The van der Waals surface area contributed by atoms with Gasteiger partial charge in [-0.25, -0.2) is 0 Å². The number of allylic oxidation sites excluding steroid dienone is 2. The highest BCUT2D eigenvalue weighted by Gasteiger charge is 2.02. The minimum atomic E-state index is 0.189. The summed E-state index contributed by atoms with van der Waals surface area (Å²) in [4.78, 5) is 10.7. The summed E-state index contributed by atoms with van der Waals surface area (Å²) in [5.41, 5.74) is 0. The molecule has 0 heterocycles. The second-order valence-electron chi connectivity index (χ2n) is 4.28. The smallest absolute Gasteiger partial charge is 0.126 e. The summed E-state index contributed by atoms with van der Waals surface area (Å²) in [6.07, 6.45) is 16.9. The number of aldehydes is 1. The number of hydrogen-bond donors (Lipinski definition) is 0. The molecule has 0 bridgehead atoms. The summed E-state index contributed by atoms with van der Waals surface area (Å²) >= 11 is 0. The molecule has 0 saturated heterocycles. The molecule has 0 aromatic carbocycles. The Labute approximate surface area is 87.6 Å². The molecule has 1 unspecified atom stereocenters. The maximum Gasteiger partial charge on any atom is 0.126 e. The number of hydrogen-bond acceptors (Lipinski definition) is 1. The van der Waals surface area contributed by atoms with Crippen LogP contribution in [0.25, 0.3) is 0 Å². The molecule has 1 aliphatic carbocycles. The van der Waals surface area contributed by atoms with Crippen LogP contribution in [0.5, 0.6) is 0 Å². The first-order valence-corrected chi connectivity index (χ1v) is 6.05.